The zero-order chi connectivity index (χ0) is 22.5. The predicted octanol–water partition coefficient (Wildman–Crippen LogP) is -1.01. The first-order chi connectivity index (χ1) is 14.8. The molecule has 11 nitrogen and oxygen atoms in total. The highest BCUT2D eigenvalue weighted by Gasteiger charge is 2.53. The normalized spacial score (nSPS) is 23.5. The maximum absolute atomic E-state index is 12.4. The van der Waals surface area contributed by atoms with Crippen molar-refractivity contribution in [1.82, 2.24) is 10.2 Å². The standard InChI is InChI=1S/C19H20N2O9S/c22-12(10-6-14(24)30-7-10)9-31-18-15(16(25)21(18)17(26)19(27)28)20-13(23)8-29-11-4-2-1-3-5-11/h1-5,10,15,17-18,26H,6-9H2,(H,20,23)(H,27,28)/t10?,15-,17?,18-/m1/s1. The average molecular weight is 452 g/mol. The number of ether oxygens (including phenoxy) is 2. The SMILES string of the molecule is O=C(COc1ccccc1)N[C@@H]1C(=O)N(C(O)C(=O)O)[C@@H]1SCC(=O)C1COC(=O)C1. The number of para-hydroxylation sites is 1. The molecule has 3 rings (SSSR count). The van der Waals surface area contributed by atoms with Crippen molar-refractivity contribution in [3.8, 4) is 5.75 Å². The molecule has 1 aromatic carbocycles. The number of carboxylic acids is 1. The van der Waals surface area contributed by atoms with Gasteiger partial charge in [0, 0.05) is 0 Å². The second kappa shape index (κ2) is 9.79. The number of amides is 2. The molecule has 3 N–H and O–H groups in total. The Morgan fingerprint density at radius 3 is 2.58 bits per heavy atom. The van der Waals surface area contributed by atoms with Gasteiger partial charge in [0.25, 0.3) is 11.8 Å². The van der Waals surface area contributed by atoms with Crippen molar-refractivity contribution in [2.45, 2.75) is 24.1 Å². The number of carboxylic acid groups (broad SMARTS) is 1. The Morgan fingerprint density at radius 1 is 1.26 bits per heavy atom. The molecule has 2 amide bonds. The van der Waals surface area contributed by atoms with Gasteiger partial charge >= 0.3 is 11.9 Å². The Bertz CT molecular complexity index is 878. The summed E-state index contributed by atoms with van der Waals surface area (Å²) < 4.78 is 10.1. The van der Waals surface area contributed by atoms with E-state index in [-0.39, 0.29) is 31.2 Å². The first-order valence-corrected chi connectivity index (χ1v) is 10.3. The third kappa shape index (κ3) is 5.33. The summed E-state index contributed by atoms with van der Waals surface area (Å²) in [6, 6.07) is 7.38. The number of benzene rings is 1. The number of cyclic esters (lactones) is 1. The highest BCUT2D eigenvalue weighted by molar-refractivity contribution is 8.00. The summed E-state index contributed by atoms with van der Waals surface area (Å²) in [5, 5.41) is 20.3. The molecule has 2 aliphatic rings. The molecule has 2 heterocycles. The van der Waals surface area contributed by atoms with Gasteiger partial charge in [-0.05, 0) is 12.1 Å². The van der Waals surface area contributed by atoms with Crippen LogP contribution >= 0.6 is 11.8 Å². The number of aliphatic carboxylic acids is 1. The van der Waals surface area contributed by atoms with E-state index in [1.165, 1.54) is 0 Å². The van der Waals surface area contributed by atoms with Gasteiger partial charge in [-0.15, -0.1) is 11.8 Å². The molecule has 2 fully saturated rings. The van der Waals surface area contributed by atoms with Crippen LogP contribution in [0.4, 0.5) is 0 Å². The lowest BCUT2D eigenvalue weighted by Gasteiger charge is -2.47. The molecule has 0 spiro atoms. The van der Waals surface area contributed by atoms with Crippen LogP contribution < -0.4 is 10.1 Å². The van der Waals surface area contributed by atoms with Crippen LogP contribution in [-0.2, 0) is 28.7 Å². The topological polar surface area (TPSA) is 160 Å². The monoisotopic (exact) mass is 452 g/mol. The number of thioether (sulfide) groups is 1. The molecule has 2 saturated heterocycles. The fraction of sp³-hybridized carbons (Fsp3) is 0.421. The van der Waals surface area contributed by atoms with Crippen molar-refractivity contribution >= 4 is 41.3 Å². The van der Waals surface area contributed by atoms with E-state index in [4.69, 9.17) is 14.6 Å². The van der Waals surface area contributed by atoms with Crippen LogP contribution in [0.15, 0.2) is 30.3 Å². The number of hydrogen-bond acceptors (Lipinski definition) is 9. The zero-order valence-electron chi connectivity index (χ0n) is 16.1. The average Bonchev–Trinajstić information content (AvgIpc) is 3.19. The number of likely N-dealkylation sites (tertiary alicyclic amines) is 1. The van der Waals surface area contributed by atoms with Crippen molar-refractivity contribution < 1.29 is 43.7 Å². The molecule has 12 heteroatoms. The number of Topliss-reactive ketones (excluding diaryl/α,β-unsaturated/α-hetero) is 1. The third-order valence-electron chi connectivity index (χ3n) is 4.70. The molecule has 2 unspecified atom stereocenters. The van der Waals surface area contributed by atoms with E-state index in [2.05, 4.69) is 5.32 Å². The number of nitrogens with one attached hydrogen (secondary N) is 1. The summed E-state index contributed by atoms with van der Waals surface area (Å²) >= 11 is 0.891. The second-order valence-electron chi connectivity index (χ2n) is 6.86. The highest BCUT2D eigenvalue weighted by Crippen LogP contribution is 2.33. The summed E-state index contributed by atoms with van der Waals surface area (Å²) in [5.41, 5.74) is 0. The largest absolute Gasteiger partial charge is 0.484 e. The lowest BCUT2D eigenvalue weighted by atomic mass is 10.1. The van der Waals surface area contributed by atoms with Crippen LogP contribution in [0.5, 0.6) is 5.75 Å². The Kier molecular flexibility index (Phi) is 7.13. The van der Waals surface area contributed by atoms with Gasteiger partial charge in [-0.3, -0.25) is 24.1 Å². The van der Waals surface area contributed by atoms with Crippen LogP contribution in [0.3, 0.4) is 0 Å². The fourth-order valence-corrected chi connectivity index (χ4v) is 4.39. The van der Waals surface area contributed by atoms with Crippen LogP contribution in [-0.4, -0.2) is 81.3 Å². The molecule has 0 bridgehead atoms. The number of aliphatic hydroxyl groups excluding tert-OH is 1. The molecular formula is C19H20N2O9S. The van der Waals surface area contributed by atoms with Gasteiger partial charge in [-0.2, -0.15) is 0 Å². The van der Waals surface area contributed by atoms with Crippen LogP contribution in [0.2, 0.25) is 0 Å². The van der Waals surface area contributed by atoms with Gasteiger partial charge in [0.1, 0.15) is 29.6 Å². The second-order valence-corrected chi connectivity index (χ2v) is 7.96. The molecule has 0 aliphatic carbocycles. The number of hydrogen-bond donors (Lipinski definition) is 3. The minimum Gasteiger partial charge on any atom is -0.484 e. The number of ketones is 1. The number of esters is 1. The Labute approximate surface area is 180 Å². The van der Waals surface area contributed by atoms with Crippen molar-refractivity contribution in [1.29, 1.82) is 0 Å². The van der Waals surface area contributed by atoms with Gasteiger partial charge in [-0.25, -0.2) is 4.79 Å². The van der Waals surface area contributed by atoms with Crippen LogP contribution in [0, 0.1) is 5.92 Å². The zero-order valence-corrected chi connectivity index (χ0v) is 16.9. The Hall–Kier alpha value is -3.12. The van der Waals surface area contributed by atoms with E-state index < -0.39 is 47.3 Å². The number of aliphatic hydroxyl groups is 1. The lowest BCUT2D eigenvalue weighted by Crippen LogP contribution is -2.73. The van der Waals surface area contributed by atoms with E-state index in [9.17, 15) is 29.1 Å². The number of carbonyl (C=O) groups excluding carboxylic acids is 4. The van der Waals surface area contributed by atoms with Crippen molar-refractivity contribution in [3.05, 3.63) is 30.3 Å². The first-order valence-electron chi connectivity index (χ1n) is 9.28. The van der Waals surface area contributed by atoms with E-state index in [0.29, 0.717) is 10.6 Å². The summed E-state index contributed by atoms with van der Waals surface area (Å²) in [7, 11) is 0. The van der Waals surface area contributed by atoms with Crippen molar-refractivity contribution in [2.24, 2.45) is 5.92 Å². The highest BCUT2D eigenvalue weighted by atomic mass is 32.2. The summed E-state index contributed by atoms with van der Waals surface area (Å²) in [4.78, 5) is 59.8. The van der Waals surface area contributed by atoms with Gasteiger partial charge in [0.2, 0.25) is 6.23 Å². The maximum Gasteiger partial charge on any atom is 0.354 e. The van der Waals surface area contributed by atoms with Crippen LogP contribution in [0.25, 0.3) is 0 Å². The maximum atomic E-state index is 12.4. The van der Waals surface area contributed by atoms with E-state index >= 15 is 0 Å². The lowest BCUT2D eigenvalue weighted by molar-refractivity contribution is -0.178. The number of rotatable bonds is 10. The molecule has 166 valence electrons. The summed E-state index contributed by atoms with van der Waals surface area (Å²) in [6.45, 7) is -0.409. The van der Waals surface area contributed by atoms with Crippen molar-refractivity contribution in [3.63, 3.8) is 0 Å². The predicted molar refractivity (Wildman–Crippen MR) is 105 cm³/mol. The van der Waals surface area contributed by atoms with E-state index in [1.54, 1.807) is 30.3 Å². The third-order valence-corrected chi connectivity index (χ3v) is 6.00. The summed E-state index contributed by atoms with van der Waals surface area (Å²) in [6.07, 6.45) is -2.16. The molecule has 0 saturated carbocycles. The smallest absolute Gasteiger partial charge is 0.354 e. The van der Waals surface area contributed by atoms with E-state index in [1.807, 2.05) is 0 Å². The van der Waals surface area contributed by atoms with E-state index in [0.717, 1.165) is 11.8 Å². The van der Waals surface area contributed by atoms with Gasteiger partial charge in [0.15, 0.2) is 6.61 Å². The quantitative estimate of drug-likeness (QED) is 0.296. The van der Waals surface area contributed by atoms with Gasteiger partial charge in [0.05, 0.1) is 18.1 Å². The fourth-order valence-electron chi connectivity index (χ4n) is 3.06. The first kappa shape index (κ1) is 22.6. The Morgan fingerprint density at radius 2 is 1.97 bits per heavy atom. The molecule has 4 atom stereocenters. The molecule has 1 aromatic rings. The Balaban J connectivity index is 1.59. The van der Waals surface area contributed by atoms with Gasteiger partial charge in [-0.1, -0.05) is 18.2 Å². The molecular weight excluding hydrogens is 432 g/mol. The molecule has 0 radical (unpaired) electrons. The van der Waals surface area contributed by atoms with Crippen molar-refractivity contribution in [2.75, 3.05) is 19.0 Å². The minimum atomic E-state index is -2.12. The number of β-lactam (4-membered cyclic amide) rings is 1. The number of nitrogens with zero attached hydrogens (tertiary/aromatic N) is 1. The molecule has 2 aliphatic heterocycles. The molecule has 31 heavy (non-hydrogen) atoms. The number of carbonyl (C=O) groups is 5. The minimum absolute atomic E-state index is 0.0275. The summed E-state index contributed by atoms with van der Waals surface area (Å²) in [5.74, 6) is -4.17. The van der Waals surface area contributed by atoms with Gasteiger partial charge < -0.3 is 25.0 Å². The molecule has 0 aromatic heterocycles. The van der Waals surface area contributed by atoms with Crippen LogP contribution in [0.1, 0.15) is 6.42 Å².